The van der Waals surface area contributed by atoms with Crippen molar-refractivity contribution in [3.63, 3.8) is 0 Å². The van der Waals surface area contributed by atoms with Gasteiger partial charge < -0.3 is 14.2 Å². The number of carbonyl (C=O) groups excluding carboxylic acids is 1. The van der Waals surface area contributed by atoms with Crippen LogP contribution in [0, 0.1) is 11.3 Å². The Balaban J connectivity index is 1.90. The Bertz CT molecular complexity index is 1400. The number of nitrogens with zero attached hydrogens (tertiary/aromatic N) is 1. The third-order valence-corrected chi connectivity index (χ3v) is 6.65. The van der Waals surface area contributed by atoms with E-state index in [1.807, 2.05) is 6.07 Å². The molecule has 3 aromatic rings. The molecule has 0 aliphatic heterocycles. The van der Waals surface area contributed by atoms with Gasteiger partial charge in [0.05, 0.1) is 11.6 Å². The summed E-state index contributed by atoms with van der Waals surface area (Å²) in [6.07, 6.45) is 1.33. The summed E-state index contributed by atoms with van der Waals surface area (Å²) in [4.78, 5) is 12.4. The van der Waals surface area contributed by atoms with Gasteiger partial charge in [0.1, 0.15) is 16.5 Å². The highest BCUT2D eigenvalue weighted by atomic mass is 79.9. The molecule has 1 amide bonds. The van der Waals surface area contributed by atoms with Crippen molar-refractivity contribution < 1.29 is 22.1 Å². The van der Waals surface area contributed by atoms with E-state index < -0.39 is 16.0 Å². The molecular weight excluding hydrogens is 567 g/mol. The molecule has 0 radical (unpaired) electrons. The molecule has 0 spiro atoms. The molecular formula is C23H15BrCl2N2O5S. The molecule has 0 aliphatic carbocycles. The van der Waals surface area contributed by atoms with Crippen LogP contribution in [0.4, 0.5) is 5.69 Å². The largest absolute Gasteiger partial charge is 0.493 e. The summed E-state index contributed by atoms with van der Waals surface area (Å²) < 4.78 is 36.1. The number of ether oxygens (including phenoxy) is 1. The molecule has 11 heteroatoms. The highest BCUT2D eigenvalue weighted by Gasteiger charge is 2.22. The van der Waals surface area contributed by atoms with Gasteiger partial charge in [-0.3, -0.25) is 4.79 Å². The van der Waals surface area contributed by atoms with Crippen molar-refractivity contribution in [3.8, 4) is 17.6 Å². The minimum absolute atomic E-state index is 0.0635. The van der Waals surface area contributed by atoms with Crippen LogP contribution in [0.15, 0.2) is 75.6 Å². The van der Waals surface area contributed by atoms with Crippen LogP contribution in [-0.2, 0) is 14.9 Å². The summed E-state index contributed by atoms with van der Waals surface area (Å²) >= 11 is 14.9. The van der Waals surface area contributed by atoms with E-state index in [0.717, 1.165) is 0 Å². The van der Waals surface area contributed by atoms with Crippen molar-refractivity contribution in [2.45, 2.75) is 4.90 Å². The third kappa shape index (κ3) is 6.30. The van der Waals surface area contributed by atoms with E-state index >= 15 is 0 Å². The number of methoxy groups -OCH3 is 1. The minimum atomic E-state index is -4.19. The van der Waals surface area contributed by atoms with Gasteiger partial charge in [0.25, 0.3) is 5.91 Å². The number of carbonyl (C=O) groups is 1. The maximum absolute atomic E-state index is 12.7. The summed E-state index contributed by atoms with van der Waals surface area (Å²) in [5.41, 5.74) is 0.666. The maximum Gasteiger partial charge on any atom is 0.339 e. The first-order valence-electron chi connectivity index (χ1n) is 9.39. The molecule has 0 saturated carbocycles. The number of amides is 1. The molecule has 0 fully saturated rings. The second-order valence-corrected chi connectivity index (χ2v) is 9.93. The maximum atomic E-state index is 12.7. The number of benzene rings is 3. The van der Waals surface area contributed by atoms with Crippen LogP contribution in [0.25, 0.3) is 6.08 Å². The number of halogens is 3. The Morgan fingerprint density at radius 2 is 1.65 bits per heavy atom. The molecule has 0 aliphatic rings. The molecule has 0 heterocycles. The highest BCUT2D eigenvalue weighted by molar-refractivity contribution is 9.10. The Morgan fingerprint density at radius 1 is 1.06 bits per heavy atom. The van der Waals surface area contributed by atoms with E-state index in [1.54, 1.807) is 24.3 Å². The second kappa shape index (κ2) is 10.9. The zero-order valence-corrected chi connectivity index (χ0v) is 21.3. The monoisotopic (exact) mass is 580 g/mol. The van der Waals surface area contributed by atoms with E-state index in [4.69, 9.17) is 32.1 Å². The number of hydrogen-bond donors (Lipinski definition) is 1. The van der Waals surface area contributed by atoms with Gasteiger partial charge in [0.2, 0.25) is 0 Å². The predicted octanol–water partition coefficient (Wildman–Crippen LogP) is 6.08. The Hall–Kier alpha value is -3.03. The summed E-state index contributed by atoms with van der Waals surface area (Å²) in [5.74, 6) is -0.669. The number of nitrogens with one attached hydrogen (secondary N) is 1. The molecule has 3 aromatic carbocycles. The average Bonchev–Trinajstić information content (AvgIpc) is 2.80. The topological polar surface area (TPSA) is 105 Å². The summed E-state index contributed by atoms with van der Waals surface area (Å²) in [6.45, 7) is 0. The van der Waals surface area contributed by atoms with Crippen molar-refractivity contribution in [1.29, 1.82) is 5.26 Å². The fourth-order valence-electron chi connectivity index (χ4n) is 2.71. The smallest absolute Gasteiger partial charge is 0.339 e. The first-order chi connectivity index (χ1) is 16.1. The Kier molecular flexibility index (Phi) is 8.23. The molecule has 0 aromatic heterocycles. The lowest BCUT2D eigenvalue weighted by molar-refractivity contribution is -0.112. The summed E-state index contributed by atoms with van der Waals surface area (Å²) in [7, 11) is -2.86. The zero-order chi connectivity index (χ0) is 24.9. The Morgan fingerprint density at radius 3 is 2.21 bits per heavy atom. The second-order valence-electron chi connectivity index (χ2n) is 6.66. The Labute approximate surface area is 214 Å². The molecule has 3 rings (SSSR count). The van der Waals surface area contributed by atoms with Crippen molar-refractivity contribution in [2.75, 3.05) is 12.4 Å². The van der Waals surface area contributed by atoms with E-state index in [0.29, 0.717) is 21.3 Å². The lowest BCUT2D eigenvalue weighted by Crippen LogP contribution is -2.13. The van der Waals surface area contributed by atoms with E-state index in [-0.39, 0.29) is 26.4 Å². The van der Waals surface area contributed by atoms with Gasteiger partial charge in [0.15, 0.2) is 11.5 Å². The number of hydrogen-bond acceptors (Lipinski definition) is 6. The fourth-order valence-corrected chi connectivity index (χ4v) is 4.57. The first-order valence-corrected chi connectivity index (χ1v) is 12.3. The van der Waals surface area contributed by atoms with Crippen molar-refractivity contribution in [2.24, 2.45) is 0 Å². The van der Waals surface area contributed by atoms with Gasteiger partial charge in [-0.15, -0.1) is 0 Å². The highest BCUT2D eigenvalue weighted by Crippen LogP contribution is 2.39. The molecule has 0 bridgehead atoms. The average molecular weight is 582 g/mol. The summed E-state index contributed by atoms with van der Waals surface area (Å²) in [6, 6.07) is 16.7. The van der Waals surface area contributed by atoms with Crippen molar-refractivity contribution >= 4 is 66.9 Å². The zero-order valence-electron chi connectivity index (χ0n) is 17.4. The van der Waals surface area contributed by atoms with Crippen LogP contribution in [0.3, 0.4) is 0 Å². The predicted molar refractivity (Wildman–Crippen MR) is 134 cm³/mol. The van der Waals surface area contributed by atoms with Crippen LogP contribution in [0.1, 0.15) is 5.56 Å². The third-order valence-electron chi connectivity index (χ3n) is 4.33. The van der Waals surface area contributed by atoms with Gasteiger partial charge in [-0.2, -0.15) is 13.7 Å². The fraction of sp³-hybridized carbons (Fsp3) is 0.0435. The number of rotatable bonds is 7. The van der Waals surface area contributed by atoms with Crippen molar-refractivity contribution in [1.82, 2.24) is 0 Å². The quantitative estimate of drug-likeness (QED) is 0.206. The van der Waals surface area contributed by atoms with Crippen LogP contribution < -0.4 is 14.2 Å². The van der Waals surface area contributed by atoms with Crippen LogP contribution in [0.5, 0.6) is 11.5 Å². The summed E-state index contributed by atoms with van der Waals surface area (Å²) in [5, 5.41) is 13.0. The van der Waals surface area contributed by atoms with Crippen LogP contribution >= 0.6 is 39.1 Å². The minimum Gasteiger partial charge on any atom is -0.493 e. The SMILES string of the molecule is COc1cc(/C=C(\C#N)C(=O)Nc2ccc(Cl)cc2)cc(Br)c1OS(=O)(=O)c1ccc(Cl)cc1. The van der Waals surface area contributed by atoms with Gasteiger partial charge in [-0.05, 0) is 88.2 Å². The molecule has 174 valence electrons. The van der Waals surface area contributed by atoms with E-state index in [9.17, 15) is 18.5 Å². The van der Waals surface area contributed by atoms with E-state index in [2.05, 4.69) is 21.2 Å². The van der Waals surface area contributed by atoms with Crippen LogP contribution in [-0.4, -0.2) is 21.4 Å². The van der Waals surface area contributed by atoms with Gasteiger partial charge in [0, 0.05) is 15.7 Å². The van der Waals surface area contributed by atoms with Gasteiger partial charge in [-0.1, -0.05) is 23.2 Å². The normalized spacial score (nSPS) is 11.4. The molecule has 0 atom stereocenters. The number of anilines is 1. The van der Waals surface area contributed by atoms with Gasteiger partial charge >= 0.3 is 10.1 Å². The van der Waals surface area contributed by atoms with Gasteiger partial charge in [-0.25, -0.2) is 0 Å². The number of nitriles is 1. The van der Waals surface area contributed by atoms with E-state index in [1.165, 1.54) is 49.6 Å². The molecule has 7 nitrogen and oxygen atoms in total. The molecule has 0 saturated heterocycles. The standard InChI is InChI=1S/C23H15BrCl2N2O5S/c1-32-21-12-14(10-15(13-27)23(29)28-18-6-2-16(25)3-7-18)11-20(24)22(21)33-34(30,31)19-8-4-17(26)5-9-19/h2-12H,1H3,(H,28,29)/b15-10+. The lowest BCUT2D eigenvalue weighted by atomic mass is 10.1. The molecule has 0 unspecified atom stereocenters. The van der Waals surface area contributed by atoms with Crippen molar-refractivity contribution in [3.05, 3.63) is 86.3 Å². The molecule has 34 heavy (non-hydrogen) atoms. The molecule has 1 N–H and O–H groups in total. The first kappa shape index (κ1) is 25.6. The lowest BCUT2D eigenvalue weighted by Gasteiger charge is -2.13. The van der Waals surface area contributed by atoms with Crippen LogP contribution in [0.2, 0.25) is 10.0 Å².